The third-order valence-electron chi connectivity index (χ3n) is 1.46. The molecule has 0 atom stereocenters. The van der Waals surface area contributed by atoms with Gasteiger partial charge in [0.1, 0.15) is 5.69 Å². The maximum Gasteiger partial charge on any atom is 0.231 e. The number of rotatable bonds is 2. The monoisotopic (exact) mass is 167 g/mol. The van der Waals surface area contributed by atoms with Crippen LogP contribution in [0.3, 0.4) is 0 Å². The third-order valence-corrected chi connectivity index (χ3v) is 1.46. The SMILES string of the molecule is CN(c1ccccc1)/[N+]([O-])=N/O. The molecular formula is C7H9N3O2. The summed E-state index contributed by atoms with van der Waals surface area (Å²) >= 11 is 0. The van der Waals surface area contributed by atoms with Crippen molar-refractivity contribution in [2.45, 2.75) is 0 Å². The van der Waals surface area contributed by atoms with E-state index in [1.54, 1.807) is 24.3 Å². The second-order valence-corrected chi connectivity index (χ2v) is 2.20. The zero-order chi connectivity index (χ0) is 8.97. The first-order chi connectivity index (χ1) is 5.75. The van der Waals surface area contributed by atoms with E-state index in [-0.39, 0.29) is 4.97 Å². The lowest BCUT2D eigenvalue weighted by atomic mass is 10.3. The van der Waals surface area contributed by atoms with E-state index >= 15 is 0 Å². The molecule has 0 aromatic heterocycles. The minimum Gasteiger partial charge on any atom is -0.569 e. The Morgan fingerprint density at radius 1 is 1.42 bits per heavy atom. The van der Waals surface area contributed by atoms with Crippen LogP contribution < -0.4 is 5.01 Å². The van der Waals surface area contributed by atoms with Gasteiger partial charge in [0.2, 0.25) is 5.28 Å². The van der Waals surface area contributed by atoms with E-state index in [1.807, 2.05) is 6.07 Å². The molecule has 0 saturated carbocycles. The average molecular weight is 167 g/mol. The second-order valence-electron chi connectivity index (χ2n) is 2.20. The molecule has 0 aliphatic rings. The van der Waals surface area contributed by atoms with Gasteiger partial charge in [-0.15, -0.1) is 5.01 Å². The summed E-state index contributed by atoms with van der Waals surface area (Å²) in [6, 6.07) is 8.88. The predicted octanol–water partition coefficient (Wildman–Crippen LogP) is 1.39. The minimum atomic E-state index is 0.0926. The van der Waals surface area contributed by atoms with Gasteiger partial charge in [-0.1, -0.05) is 18.2 Å². The van der Waals surface area contributed by atoms with Gasteiger partial charge in [-0.3, -0.25) is 0 Å². The van der Waals surface area contributed by atoms with Crippen LogP contribution in [0.1, 0.15) is 0 Å². The lowest BCUT2D eigenvalue weighted by Crippen LogP contribution is -2.25. The fraction of sp³-hybridized carbons (Fsp3) is 0.143. The molecular weight excluding hydrogens is 158 g/mol. The van der Waals surface area contributed by atoms with E-state index < -0.39 is 0 Å². The van der Waals surface area contributed by atoms with Gasteiger partial charge in [0.15, 0.2) is 0 Å². The molecule has 0 fully saturated rings. The van der Waals surface area contributed by atoms with Crippen LogP contribution >= 0.6 is 0 Å². The average Bonchev–Trinajstić information content (AvgIpc) is 2.17. The van der Waals surface area contributed by atoms with E-state index in [9.17, 15) is 5.21 Å². The molecule has 1 aromatic rings. The minimum absolute atomic E-state index is 0.0926. The summed E-state index contributed by atoms with van der Waals surface area (Å²) in [5.74, 6) is 0. The Morgan fingerprint density at radius 3 is 2.50 bits per heavy atom. The normalized spacial score (nSPS) is 11.2. The molecule has 0 spiro atoms. The molecule has 0 bridgehead atoms. The molecule has 0 heterocycles. The summed E-state index contributed by atoms with van der Waals surface area (Å²) in [5.41, 5.74) is 0.658. The molecule has 12 heavy (non-hydrogen) atoms. The number of anilines is 1. The molecule has 0 unspecified atom stereocenters. The zero-order valence-electron chi connectivity index (χ0n) is 6.58. The number of hydrogen-bond donors (Lipinski definition) is 1. The summed E-state index contributed by atoms with van der Waals surface area (Å²) < 4.78 is 0. The van der Waals surface area contributed by atoms with Crippen molar-refractivity contribution < 1.29 is 10.2 Å². The van der Waals surface area contributed by atoms with Crippen molar-refractivity contribution in [2.75, 3.05) is 12.1 Å². The first-order valence-corrected chi connectivity index (χ1v) is 3.36. The van der Waals surface area contributed by atoms with E-state index in [4.69, 9.17) is 5.21 Å². The van der Waals surface area contributed by atoms with Crippen molar-refractivity contribution >= 4 is 5.69 Å². The van der Waals surface area contributed by atoms with Crippen LogP contribution in [0.2, 0.25) is 0 Å². The third kappa shape index (κ3) is 1.63. The first-order valence-electron chi connectivity index (χ1n) is 3.36. The predicted molar refractivity (Wildman–Crippen MR) is 42.7 cm³/mol. The molecule has 0 aliphatic heterocycles. The standard InChI is InChI=1S/C7H9N3O2/c1-9(10(12)8-11)7-5-3-2-4-6-7/h2-6,11H,1H3/b10-8-. The second kappa shape index (κ2) is 3.56. The number of para-hydroxylation sites is 1. The van der Waals surface area contributed by atoms with Crippen LogP contribution in [0.5, 0.6) is 0 Å². The Labute approximate surface area is 69.7 Å². The summed E-state index contributed by atoms with van der Waals surface area (Å²) in [7, 11) is 1.50. The van der Waals surface area contributed by atoms with Crippen LogP contribution in [0.25, 0.3) is 0 Å². The number of nitrogens with zero attached hydrogens (tertiary/aromatic N) is 3. The zero-order valence-corrected chi connectivity index (χ0v) is 6.58. The first kappa shape index (κ1) is 8.32. The van der Waals surface area contributed by atoms with Crippen molar-refractivity contribution in [3.05, 3.63) is 35.5 Å². The quantitative estimate of drug-likeness (QED) is 0.411. The van der Waals surface area contributed by atoms with Gasteiger partial charge >= 0.3 is 0 Å². The molecule has 5 heteroatoms. The molecule has 0 amide bonds. The largest absolute Gasteiger partial charge is 0.569 e. The number of benzene rings is 1. The van der Waals surface area contributed by atoms with Gasteiger partial charge in [-0.25, -0.2) is 0 Å². The number of hydrogen-bond acceptors (Lipinski definition) is 2. The number of hydrazine groups is 1. The van der Waals surface area contributed by atoms with E-state index in [1.165, 1.54) is 12.1 Å². The van der Waals surface area contributed by atoms with Crippen molar-refractivity contribution in [3.8, 4) is 0 Å². The Balaban J connectivity index is 2.86. The molecule has 1 rings (SSSR count). The fourth-order valence-electron chi connectivity index (χ4n) is 0.803. The van der Waals surface area contributed by atoms with Crippen molar-refractivity contribution in [1.82, 2.24) is 0 Å². The maximum absolute atomic E-state index is 10.7. The van der Waals surface area contributed by atoms with E-state index in [0.29, 0.717) is 5.69 Å². The molecule has 5 nitrogen and oxygen atoms in total. The molecule has 0 radical (unpaired) electrons. The van der Waals surface area contributed by atoms with Gasteiger partial charge in [-0.05, 0) is 12.1 Å². The Hall–Kier alpha value is -1.78. The molecule has 0 saturated heterocycles. The topological polar surface area (TPSA) is 61.9 Å². The highest BCUT2D eigenvalue weighted by Crippen LogP contribution is 2.10. The Kier molecular flexibility index (Phi) is 2.47. The van der Waals surface area contributed by atoms with Gasteiger partial charge in [-0.2, -0.15) is 0 Å². The smallest absolute Gasteiger partial charge is 0.231 e. The van der Waals surface area contributed by atoms with Gasteiger partial charge in [0.25, 0.3) is 0 Å². The molecule has 64 valence electrons. The Morgan fingerprint density at radius 2 is 2.00 bits per heavy atom. The van der Waals surface area contributed by atoms with E-state index in [2.05, 4.69) is 5.28 Å². The maximum atomic E-state index is 10.7. The molecule has 1 N–H and O–H groups in total. The highest BCUT2D eigenvalue weighted by atomic mass is 16.6. The van der Waals surface area contributed by atoms with Gasteiger partial charge in [0, 0.05) is 0 Å². The van der Waals surface area contributed by atoms with Gasteiger partial charge < -0.3 is 10.4 Å². The van der Waals surface area contributed by atoms with Crippen LogP contribution in [-0.2, 0) is 0 Å². The highest BCUT2D eigenvalue weighted by molar-refractivity contribution is 5.41. The highest BCUT2D eigenvalue weighted by Gasteiger charge is 2.07. The fourth-order valence-corrected chi connectivity index (χ4v) is 0.803. The summed E-state index contributed by atoms with van der Waals surface area (Å²) in [6.07, 6.45) is 0. The summed E-state index contributed by atoms with van der Waals surface area (Å²) in [6.45, 7) is 0. The summed E-state index contributed by atoms with van der Waals surface area (Å²) in [4.78, 5) is 0.0926. The summed E-state index contributed by atoms with van der Waals surface area (Å²) in [5, 5.41) is 22.5. The van der Waals surface area contributed by atoms with Crippen LogP contribution in [0.15, 0.2) is 35.6 Å². The lowest BCUT2D eigenvalue weighted by Gasteiger charge is -2.10. The molecule has 1 aromatic carbocycles. The van der Waals surface area contributed by atoms with Crippen LogP contribution in [0, 0.1) is 5.21 Å². The van der Waals surface area contributed by atoms with E-state index in [0.717, 1.165) is 0 Å². The van der Waals surface area contributed by atoms with Crippen LogP contribution in [-0.4, -0.2) is 17.2 Å². The van der Waals surface area contributed by atoms with Gasteiger partial charge in [0.05, 0.1) is 12.0 Å². The Bertz CT molecular complexity index is 273. The lowest BCUT2D eigenvalue weighted by molar-refractivity contribution is -0.564. The molecule has 0 aliphatic carbocycles. The van der Waals surface area contributed by atoms with Crippen LogP contribution in [0.4, 0.5) is 5.69 Å². The van der Waals surface area contributed by atoms with Crippen molar-refractivity contribution in [3.63, 3.8) is 0 Å². The van der Waals surface area contributed by atoms with Crippen molar-refractivity contribution in [2.24, 2.45) is 5.28 Å². The van der Waals surface area contributed by atoms with Crippen molar-refractivity contribution in [1.29, 1.82) is 0 Å².